The van der Waals surface area contributed by atoms with E-state index in [1.54, 1.807) is 0 Å². The molecule has 0 bridgehead atoms. The van der Waals surface area contributed by atoms with E-state index in [1.807, 2.05) is 0 Å². The molecule has 0 spiro atoms. The standard InChI is InChI=1S/C19H34O/c1-14-12-17(15-8-4-2-5-9-15)19(20)18(13-14)16-10-6-3-7-11-16/h14-20H,2-13H2,1H3. The molecule has 2 unspecified atom stereocenters. The van der Waals surface area contributed by atoms with Gasteiger partial charge >= 0.3 is 0 Å². The zero-order valence-corrected chi connectivity index (χ0v) is 13.4. The van der Waals surface area contributed by atoms with Gasteiger partial charge in [-0.25, -0.2) is 0 Å². The summed E-state index contributed by atoms with van der Waals surface area (Å²) in [5.41, 5.74) is 0. The lowest BCUT2D eigenvalue weighted by Gasteiger charge is -2.46. The minimum absolute atomic E-state index is 0.0254. The third kappa shape index (κ3) is 3.24. The van der Waals surface area contributed by atoms with Gasteiger partial charge in [0.1, 0.15) is 0 Å². The van der Waals surface area contributed by atoms with Gasteiger partial charge in [0.25, 0.3) is 0 Å². The van der Waals surface area contributed by atoms with Crippen LogP contribution in [0, 0.1) is 29.6 Å². The van der Waals surface area contributed by atoms with Gasteiger partial charge in [-0.1, -0.05) is 71.1 Å². The zero-order chi connectivity index (χ0) is 13.9. The van der Waals surface area contributed by atoms with E-state index < -0.39 is 0 Å². The fourth-order valence-electron chi connectivity index (χ4n) is 5.69. The van der Waals surface area contributed by atoms with E-state index in [4.69, 9.17) is 0 Å². The highest BCUT2D eigenvalue weighted by molar-refractivity contribution is 4.92. The van der Waals surface area contributed by atoms with Gasteiger partial charge in [0.2, 0.25) is 0 Å². The van der Waals surface area contributed by atoms with Crippen molar-refractivity contribution >= 4 is 0 Å². The molecule has 3 aliphatic rings. The van der Waals surface area contributed by atoms with Gasteiger partial charge in [-0.05, 0) is 42.4 Å². The average Bonchev–Trinajstić information content (AvgIpc) is 2.51. The quantitative estimate of drug-likeness (QED) is 0.738. The lowest BCUT2D eigenvalue weighted by Crippen LogP contribution is -2.44. The summed E-state index contributed by atoms with van der Waals surface area (Å²) in [4.78, 5) is 0. The van der Waals surface area contributed by atoms with Crippen molar-refractivity contribution in [3.63, 3.8) is 0 Å². The maximum atomic E-state index is 11.1. The van der Waals surface area contributed by atoms with Crippen LogP contribution in [0.15, 0.2) is 0 Å². The molecule has 1 N–H and O–H groups in total. The first-order valence-electron chi connectivity index (χ1n) is 9.43. The zero-order valence-electron chi connectivity index (χ0n) is 13.4. The molecule has 1 heteroatoms. The van der Waals surface area contributed by atoms with Gasteiger partial charge in [0, 0.05) is 0 Å². The van der Waals surface area contributed by atoms with Gasteiger partial charge in [-0.3, -0.25) is 0 Å². The van der Waals surface area contributed by atoms with Crippen molar-refractivity contribution in [1.29, 1.82) is 0 Å². The maximum absolute atomic E-state index is 11.1. The molecule has 3 aliphatic carbocycles. The number of hydrogen-bond donors (Lipinski definition) is 1. The summed E-state index contributed by atoms with van der Waals surface area (Å²) >= 11 is 0. The Bertz CT molecular complexity index is 260. The second-order valence-corrected chi connectivity index (χ2v) is 8.19. The molecular weight excluding hydrogens is 244 g/mol. The molecule has 3 fully saturated rings. The Labute approximate surface area is 125 Å². The predicted molar refractivity (Wildman–Crippen MR) is 84.5 cm³/mol. The van der Waals surface area contributed by atoms with Crippen LogP contribution in [0.2, 0.25) is 0 Å². The molecule has 1 nitrogen and oxygen atoms in total. The lowest BCUT2D eigenvalue weighted by atomic mass is 9.61. The minimum atomic E-state index is 0.0254. The summed E-state index contributed by atoms with van der Waals surface area (Å²) in [6, 6.07) is 0. The van der Waals surface area contributed by atoms with Crippen molar-refractivity contribution < 1.29 is 5.11 Å². The van der Waals surface area contributed by atoms with Crippen molar-refractivity contribution in [2.24, 2.45) is 29.6 Å². The molecule has 0 aromatic carbocycles. The number of aliphatic hydroxyl groups is 1. The van der Waals surface area contributed by atoms with E-state index in [0.29, 0.717) is 11.8 Å². The van der Waals surface area contributed by atoms with Gasteiger partial charge in [-0.2, -0.15) is 0 Å². The number of aliphatic hydroxyl groups excluding tert-OH is 1. The molecule has 116 valence electrons. The molecule has 0 aromatic rings. The van der Waals surface area contributed by atoms with E-state index in [-0.39, 0.29) is 6.10 Å². The summed E-state index contributed by atoms with van der Waals surface area (Å²) in [6.07, 6.45) is 16.7. The van der Waals surface area contributed by atoms with Gasteiger partial charge in [0.05, 0.1) is 6.10 Å². The molecule has 0 radical (unpaired) electrons. The van der Waals surface area contributed by atoms with Crippen LogP contribution in [0.1, 0.15) is 84.0 Å². The minimum Gasteiger partial charge on any atom is -0.393 e. The third-order valence-electron chi connectivity index (χ3n) is 6.74. The Kier molecular flexibility index (Phi) is 5.07. The predicted octanol–water partition coefficient (Wildman–Crippen LogP) is 5.17. The average molecular weight is 278 g/mol. The molecular formula is C19H34O. The molecule has 0 aliphatic heterocycles. The fraction of sp³-hybridized carbons (Fsp3) is 1.00. The van der Waals surface area contributed by atoms with Crippen LogP contribution in [0.5, 0.6) is 0 Å². The van der Waals surface area contributed by atoms with Gasteiger partial charge in [-0.15, -0.1) is 0 Å². The van der Waals surface area contributed by atoms with E-state index in [1.165, 1.54) is 77.0 Å². The first-order valence-corrected chi connectivity index (χ1v) is 9.43. The highest BCUT2D eigenvalue weighted by atomic mass is 16.3. The second-order valence-electron chi connectivity index (χ2n) is 8.19. The van der Waals surface area contributed by atoms with Crippen LogP contribution in [-0.4, -0.2) is 11.2 Å². The highest BCUT2D eigenvalue weighted by Gasteiger charge is 2.42. The molecule has 0 saturated heterocycles. The van der Waals surface area contributed by atoms with Crippen LogP contribution >= 0.6 is 0 Å². The molecule has 0 amide bonds. The van der Waals surface area contributed by atoms with Gasteiger partial charge in [0.15, 0.2) is 0 Å². The summed E-state index contributed by atoms with van der Waals surface area (Å²) in [5.74, 6) is 3.79. The monoisotopic (exact) mass is 278 g/mol. The normalized spacial score (nSPS) is 41.7. The van der Waals surface area contributed by atoms with Crippen LogP contribution < -0.4 is 0 Å². The Balaban J connectivity index is 1.67. The van der Waals surface area contributed by atoms with E-state index in [9.17, 15) is 5.11 Å². The Morgan fingerprint density at radius 1 is 0.650 bits per heavy atom. The Hall–Kier alpha value is -0.0400. The molecule has 0 heterocycles. The van der Waals surface area contributed by atoms with E-state index in [0.717, 1.165) is 17.8 Å². The summed E-state index contributed by atoms with van der Waals surface area (Å²) in [6.45, 7) is 2.44. The van der Waals surface area contributed by atoms with E-state index in [2.05, 4.69) is 6.92 Å². The van der Waals surface area contributed by atoms with Crippen LogP contribution in [0.3, 0.4) is 0 Å². The molecule has 0 aromatic heterocycles. The maximum Gasteiger partial charge on any atom is 0.0602 e. The molecule has 3 rings (SSSR count). The van der Waals surface area contributed by atoms with Crippen LogP contribution in [-0.2, 0) is 0 Å². The molecule has 3 saturated carbocycles. The smallest absolute Gasteiger partial charge is 0.0602 e. The SMILES string of the molecule is CC1CC(C2CCCCC2)C(O)C(C2CCCCC2)C1. The first-order chi connectivity index (χ1) is 9.75. The Morgan fingerprint density at radius 3 is 1.45 bits per heavy atom. The van der Waals surface area contributed by atoms with Crippen molar-refractivity contribution in [2.45, 2.75) is 90.1 Å². The number of hydrogen-bond acceptors (Lipinski definition) is 1. The van der Waals surface area contributed by atoms with Crippen LogP contribution in [0.25, 0.3) is 0 Å². The third-order valence-corrected chi connectivity index (χ3v) is 6.74. The molecule has 2 atom stereocenters. The van der Waals surface area contributed by atoms with Gasteiger partial charge < -0.3 is 5.11 Å². The second kappa shape index (κ2) is 6.81. The number of rotatable bonds is 2. The fourth-order valence-corrected chi connectivity index (χ4v) is 5.69. The Morgan fingerprint density at radius 2 is 1.05 bits per heavy atom. The highest BCUT2D eigenvalue weighted by Crippen LogP contribution is 2.47. The van der Waals surface area contributed by atoms with Crippen LogP contribution in [0.4, 0.5) is 0 Å². The summed E-state index contributed by atoms with van der Waals surface area (Å²) in [5, 5.41) is 11.1. The first kappa shape index (κ1) is 14.9. The summed E-state index contributed by atoms with van der Waals surface area (Å²) < 4.78 is 0. The van der Waals surface area contributed by atoms with Crippen molar-refractivity contribution in [3.8, 4) is 0 Å². The van der Waals surface area contributed by atoms with Crippen molar-refractivity contribution in [2.75, 3.05) is 0 Å². The molecule has 20 heavy (non-hydrogen) atoms. The lowest BCUT2D eigenvalue weighted by molar-refractivity contribution is -0.0592. The topological polar surface area (TPSA) is 20.2 Å². The summed E-state index contributed by atoms with van der Waals surface area (Å²) in [7, 11) is 0. The van der Waals surface area contributed by atoms with Crippen molar-refractivity contribution in [1.82, 2.24) is 0 Å². The van der Waals surface area contributed by atoms with E-state index >= 15 is 0 Å². The van der Waals surface area contributed by atoms with Crippen molar-refractivity contribution in [3.05, 3.63) is 0 Å². The largest absolute Gasteiger partial charge is 0.393 e.